The van der Waals surface area contributed by atoms with Crippen LogP contribution in [-0.4, -0.2) is 37.0 Å². The molecule has 1 saturated carbocycles. The zero-order valence-corrected chi connectivity index (χ0v) is 11.7. The number of halogens is 2. The molecule has 0 bridgehead atoms. The van der Waals surface area contributed by atoms with E-state index in [9.17, 15) is 17.2 Å². The van der Waals surface area contributed by atoms with E-state index in [4.69, 9.17) is 5.11 Å². The monoisotopic (exact) mass is 305 g/mol. The van der Waals surface area contributed by atoms with Gasteiger partial charge in [0, 0.05) is 12.6 Å². The molecule has 0 spiro atoms. The van der Waals surface area contributed by atoms with Crippen LogP contribution in [0.5, 0.6) is 0 Å². The summed E-state index contributed by atoms with van der Waals surface area (Å²) in [5, 5.41) is 9.07. The van der Waals surface area contributed by atoms with E-state index in [1.54, 1.807) is 0 Å². The molecule has 1 N–H and O–H groups in total. The smallest absolute Gasteiger partial charge is 0.243 e. The molecule has 0 unspecified atom stereocenters. The lowest BCUT2D eigenvalue weighted by Gasteiger charge is -2.27. The Labute approximate surface area is 117 Å². The van der Waals surface area contributed by atoms with Crippen molar-refractivity contribution in [2.75, 3.05) is 13.2 Å². The third-order valence-electron chi connectivity index (χ3n) is 3.55. The standard InChI is InChI=1S/C13H17F2NO3S/c14-12-6-5-11(9-13(12)15)20(18,19)16(7-8-17)10-3-1-2-4-10/h5-6,9-10,17H,1-4,7-8H2. The molecule has 0 atom stereocenters. The largest absolute Gasteiger partial charge is 0.395 e. The number of aliphatic hydroxyl groups excluding tert-OH is 1. The molecule has 1 aliphatic rings. The first-order valence-electron chi connectivity index (χ1n) is 6.54. The van der Waals surface area contributed by atoms with E-state index >= 15 is 0 Å². The van der Waals surface area contributed by atoms with Gasteiger partial charge in [0.25, 0.3) is 0 Å². The second kappa shape index (κ2) is 6.15. The third kappa shape index (κ3) is 2.99. The number of aliphatic hydroxyl groups is 1. The number of sulfonamides is 1. The van der Waals surface area contributed by atoms with E-state index in [-0.39, 0.29) is 24.1 Å². The van der Waals surface area contributed by atoms with Gasteiger partial charge in [-0.25, -0.2) is 17.2 Å². The van der Waals surface area contributed by atoms with Crippen molar-refractivity contribution >= 4 is 10.0 Å². The van der Waals surface area contributed by atoms with E-state index < -0.39 is 21.7 Å². The van der Waals surface area contributed by atoms with Gasteiger partial charge in [0.05, 0.1) is 11.5 Å². The predicted octanol–water partition coefficient (Wildman–Crippen LogP) is 1.89. The molecule has 1 aromatic carbocycles. The van der Waals surface area contributed by atoms with Crippen molar-refractivity contribution in [3.8, 4) is 0 Å². The summed E-state index contributed by atoms with van der Waals surface area (Å²) in [5.74, 6) is -2.28. The Morgan fingerprint density at radius 2 is 1.85 bits per heavy atom. The fourth-order valence-electron chi connectivity index (χ4n) is 2.56. The molecule has 1 aliphatic carbocycles. The Hall–Kier alpha value is -1.05. The molecule has 0 aromatic heterocycles. The fraction of sp³-hybridized carbons (Fsp3) is 0.538. The molecular weight excluding hydrogens is 288 g/mol. The van der Waals surface area contributed by atoms with E-state index in [0.29, 0.717) is 6.07 Å². The highest BCUT2D eigenvalue weighted by Crippen LogP contribution is 2.28. The van der Waals surface area contributed by atoms with Crippen LogP contribution < -0.4 is 0 Å². The van der Waals surface area contributed by atoms with Gasteiger partial charge < -0.3 is 5.11 Å². The number of benzene rings is 1. The topological polar surface area (TPSA) is 57.6 Å². The molecule has 2 rings (SSSR count). The van der Waals surface area contributed by atoms with Gasteiger partial charge in [-0.3, -0.25) is 0 Å². The molecule has 20 heavy (non-hydrogen) atoms. The van der Waals surface area contributed by atoms with Crippen LogP contribution in [0.25, 0.3) is 0 Å². The van der Waals surface area contributed by atoms with Crippen molar-refractivity contribution in [2.45, 2.75) is 36.6 Å². The highest BCUT2D eigenvalue weighted by atomic mass is 32.2. The summed E-state index contributed by atoms with van der Waals surface area (Å²) in [5.41, 5.74) is 0. The number of hydrogen-bond donors (Lipinski definition) is 1. The molecule has 0 amide bonds. The van der Waals surface area contributed by atoms with Crippen LogP contribution >= 0.6 is 0 Å². The number of hydrogen-bond acceptors (Lipinski definition) is 3. The van der Waals surface area contributed by atoms with Gasteiger partial charge in [-0.1, -0.05) is 12.8 Å². The van der Waals surface area contributed by atoms with Crippen molar-refractivity contribution in [2.24, 2.45) is 0 Å². The maximum atomic E-state index is 13.2. The maximum Gasteiger partial charge on any atom is 0.243 e. The Morgan fingerprint density at radius 3 is 2.40 bits per heavy atom. The van der Waals surface area contributed by atoms with Crippen molar-refractivity contribution < 1.29 is 22.3 Å². The Kier molecular flexibility index (Phi) is 4.72. The van der Waals surface area contributed by atoms with E-state index in [1.165, 1.54) is 4.31 Å². The molecule has 112 valence electrons. The Bertz CT molecular complexity index is 571. The predicted molar refractivity (Wildman–Crippen MR) is 69.6 cm³/mol. The second-order valence-electron chi connectivity index (χ2n) is 4.85. The first-order valence-corrected chi connectivity index (χ1v) is 7.98. The van der Waals surface area contributed by atoms with Crippen molar-refractivity contribution in [1.82, 2.24) is 4.31 Å². The lowest BCUT2D eigenvalue weighted by Crippen LogP contribution is -2.40. The number of nitrogens with zero attached hydrogens (tertiary/aromatic N) is 1. The minimum atomic E-state index is -3.92. The van der Waals surface area contributed by atoms with Crippen LogP contribution in [0.3, 0.4) is 0 Å². The molecular formula is C13H17F2NO3S. The van der Waals surface area contributed by atoms with Crippen LogP contribution in [0.1, 0.15) is 25.7 Å². The summed E-state index contributed by atoms with van der Waals surface area (Å²) < 4.78 is 52.3. The van der Waals surface area contributed by atoms with Crippen LogP contribution in [0.15, 0.2) is 23.1 Å². The zero-order chi connectivity index (χ0) is 14.8. The van der Waals surface area contributed by atoms with Gasteiger partial charge in [-0.2, -0.15) is 4.31 Å². The average Bonchev–Trinajstić information content (AvgIpc) is 2.92. The lowest BCUT2D eigenvalue weighted by atomic mass is 10.2. The molecule has 0 radical (unpaired) electrons. The van der Waals surface area contributed by atoms with Crippen LogP contribution in [0.2, 0.25) is 0 Å². The highest BCUT2D eigenvalue weighted by molar-refractivity contribution is 7.89. The van der Waals surface area contributed by atoms with Crippen LogP contribution in [-0.2, 0) is 10.0 Å². The van der Waals surface area contributed by atoms with Gasteiger partial charge in [-0.05, 0) is 31.0 Å². The van der Waals surface area contributed by atoms with E-state index in [1.807, 2.05) is 0 Å². The first kappa shape index (κ1) is 15.3. The van der Waals surface area contributed by atoms with Gasteiger partial charge in [-0.15, -0.1) is 0 Å². The van der Waals surface area contributed by atoms with Crippen molar-refractivity contribution in [3.05, 3.63) is 29.8 Å². The van der Waals surface area contributed by atoms with Crippen molar-refractivity contribution in [1.29, 1.82) is 0 Å². The fourth-order valence-corrected chi connectivity index (χ4v) is 4.25. The maximum absolute atomic E-state index is 13.2. The molecule has 0 saturated heterocycles. The van der Waals surface area contributed by atoms with E-state index in [2.05, 4.69) is 0 Å². The SMILES string of the molecule is O=S(=O)(c1ccc(F)c(F)c1)N(CCO)C1CCCC1. The summed E-state index contributed by atoms with van der Waals surface area (Å²) in [6.07, 6.45) is 3.31. The zero-order valence-electron chi connectivity index (χ0n) is 10.9. The Balaban J connectivity index is 2.36. The van der Waals surface area contributed by atoms with Crippen LogP contribution in [0, 0.1) is 11.6 Å². The molecule has 1 fully saturated rings. The molecule has 0 heterocycles. The minimum absolute atomic E-state index is 0.0357. The van der Waals surface area contributed by atoms with Crippen LogP contribution in [0.4, 0.5) is 8.78 Å². The summed E-state index contributed by atoms with van der Waals surface area (Å²) in [4.78, 5) is -0.281. The van der Waals surface area contributed by atoms with Gasteiger partial charge in [0.15, 0.2) is 11.6 Å². The minimum Gasteiger partial charge on any atom is -0.395 e. The van der Waals surface area contributed by atoms with E-state index in [0.717, 1.165) is 37.8 Å². The third-order valence-corrected chi connectivity index (χ3v) is 5.50. The van der Waals surface area contributed by atoms with Gasteiger partial charge in [0.2, 0.25) is 10.0 Å². The molecule has 0 aliphatic heterocycles. The Morgan fingerprint density at radius 1 is 1.20 bits per heavy atom. The summed E-state index contributed by atoms with van der Waals surface area (Å²) in [6.45, 7) is -0.342. The van der Waals surface area contributed by atoms with Gasteiger partial charge in [0.1, 0.15) is 0 Å². The first-order chi connectivity index (χ1) is 9.46. The molecule has 1 aromatic rings. The number of rotatable bonds is 5. The lowest BCUT2D eigenvalue weighted by molar-refractivity contribution is 0.226. The molecule has 4 nitrogen and oxygen atoms in total. The normalized spacial score (nSPS) is 17.0. The summed E-state index contributed by atoms with van der Waals surface area (Å²) in [7, 11) is -3.92. The van der Waals surface area contributed by atoms with Gasteiger partial charge >= 0.3 is 0 Å². The second-order valence-corrected chi connectivity index (χ2v) is 6.74. The quantitative estimate of drug-likeness (QED) is 0.904. The summed E-state index contributed by atoms with van der Waals surface area (Å²) in [6, 6.07) is 2.35. The van der Waals surface area contributed by atoms with Crippen molar-refractivity contribution in [3.63, 3.8) is 0 Å². The molecule has 7 heteroatoms. The summed E-state index contributed by atoms with van der Waals surface area (Å²) >= 11 is 0. The average molecular weight is 305 g/mol. The highest BCUT2D eigenvalue weighted by Gasteiger charge is 2.33.